The van der Waals surface area contributed by atoms with Crippen LogP contribution in [0.3, 0.4) is 0 Å². The van der Waals surface area contributed by atoms with Gasteiger partial charge in [0.05, 0.1) is 19.3 Å². The van der Waals surface area contributed by atoms with E-state index in [-0.39, 0.29) is 11.9 Å². The first kappa shape index (κ1) is 17.8. The van der Waals surface area contributed by atoms with Crippen molar-refractivity contribution < 1.29 is 19.1 Å². The number of methoxy groups -OCH3 is 1. The van der Waals surface area contributed by atoms with Gasteiger partial charge in [0.25, 0.3) is 5.91 Å². The third-order valence-corrected chi connectivity index (χ3v) is 5.16. The quantitative estimate of drug-likeness (QED) is 0.892. The Kier molecular flexibility index (Phi) is 5.33. The lowest BCUT2D eigenvalue weighted by atomic mass is 9.91. The maximum absolute atomic E-state index is 13.2. The van der Waals surface area contributed by atoms with Gasteiger partial charge < -0.3 is 19.2 Å². The number of carbonyl (C=O) groups is 1. The van der Waals surface area contributed by atoms with Gasteiger partial charge in [0.15, 0.2) is 5.76 Å². The van der Waals surface area contributed by atoms with Gasteiger partial charge in [-0.2, -0.15) is 0 Å². The summed E-state index contributed by atoms with van der Waals surface area (Å²) >= 11 is 0. The van der Waals surface area contributed by atoms with Crippen LogP contribution in [0.1, 0.15) is 55.1 Å². The van der Waals surface area contributed by atoms with Gasteiger partial charge in [0.1, 0.15) is 11.3 Å². The number of aliphatic hydroxyl groups is 1. The van der Waals surface area contributed by atoms with Gasteiger partial charge in [0, 0.05) is 23.6 Å². The van der Waals surface area contributed by atoms with Crippen LogP contribution in [0.5, 0.6) is 5.75 Å². The van der Waals surface area contributed by atoms with Crippen LogP contribution in [-0.2, 0) is 0 Å². The van der Waals surface area contributed by atoms with E-state index < -0.39 is 6.10 Å². The number of hydrogen-bond donors (Lipinski definition) is 1. The average Bonchev–Trinajstić information content (AvgIpc) is 2.96. The zero-order valence-electron chi connectivity index (χ0n) is 15.2. The van der Waals surface area contributed by atoms with Crippen molar-refractivity contribution in [3.8, 4) is 5.75 Å². The summed E-state index contributed by atoms with van der Waals surface area (Å²) in [7, 11) is 1.61. The Morgan fingerprint density at radius 1 is 1.36 bits per heavy atom. The van der Waals surface area contributed by atoms with Crippen molar-refractivity contribution in [3.63, 3.8) is 0 Å². The highest BCUT2D eigenvalue weighted by Crippen LogP contribution is 2.31. The summed E-state index contributed by atoms with van der Waals surface area (Å²) in [5.74, 6) is 0.948. The number of hydrogen-bond acceptors (Lipinski definition) is 4. The lowest BCUT2D eigenvalue weighted by Gasteiger charge is -2.37. The van der Waals surface area contributed by atoms with Crippen LogP contribution >= 0.6 is 0 Å². The summed E-state index contributed by atoms with van der Waals surface area (Å²) in [6, 6.07) is 5.47. The van der Waals surface area contributed by atoms with Crippen molar-refractivity contribution >= 4 is 16.9 Å². The second kappa shape index (κ2) is 7.48. The zero-order chi connectivity index (χ0) is 18.0. The highest BCUT2D eigenvalue weighted by molar-refractivity contribution is 5.99. The molecule has 1 aromatic heterocycles. The number of furan rings is 1. The van der Waals surface area contributed by atoms with E-state index in [2.05, 4.69) is 0 Å². The molecule has 5 nitrogen and oxygen atoms in total. The predicted octanol–water partition coefficient (Wildman–Crippen LogP) is 3.91. The lowest BCUT2D eigenvalue weighted by Crippen LogP contribution is -2.48. The molecule has 1 aliphatic carbocycles. The van der Waals surface area contributed by atoms with Crippen molar-refractivity contribution in [3.05, 3.63) is 29.5 Å². The molecule has 0 aliphatic heterocycles. The van der Waals surface area contributed by atoms with E-state index >= 15 is 0 Å². The minimum absolute atomic E-state index is 0.122. The lowest BCUT2D eigenvalue weighted by molar-refractivity contribution is 0.0161. The third kappa shape index (κ3) is 3.38. The highest BCUT2D eigenvalue weighted by Gasteiger charge is 2.34. The molecule has 1 aliphatic rings. The number of fused-ring (bicyclic) bond motifs is 1. The molecule has 1 fully saturated rings. The molecule has 0 spiro atoms. The van der Waals surface area contributed by atoms with Crippen molar-refractivity contribution in [2.24, 2.45) is 0 Å². The van der Waals surface area contributed by atoms with Crippen molar-refractivity contribution in [1.82, 2.24) is 4.90 Å². The molecule has 1 aromatic carbocycles. The fraction of sp³-hybridized carbons (Fsp3) is 0.550. The van der Waals surface area contributed by atoms with Gasteiger partial charge in [0.2, 0.25) is 0 Å². The number of benzene rings is 1. The molecule has 0 bridgehead atoms. The van der Waals surface area contributed by atoms with E-state index in [9.17, 15) is 9.90 Å². The molecule has 1 heterocycles. The van der Waals surface area contributed by atoms with Crippen LogP contribution in [0.15, 0.2) is 22.6 Å². The van der Waals surface area contributed by atoms with Crippen LogP contribution < -0.4 is 4.74 Å². The van der Waals surface area contributed by atoms with E-state index in [1.54, 1.807) is 13.2 Å². The van der Waals surface area contributed by atoms with Gasteiger partial charge in [-0.15, -0.1) is 0 Å². The van der Waals surface area contributed by atoms with E-state index in [1.165, 1.54) is 0 Å². The number of carbonyl (C=O) groups excluding carboxylic acids is 1. The third-order valence-electron chi connectivity index (χ3n) is 5.16. The number of rotatable bonds is 5. The Bertz CT molecular complexity index is 751. The summed E-state index contributed by atoms with van der Waals surface area (Å²) < 4.78 is 11.1. The number of ether oxygens (including phenoxy) is 1. The van der Waals surface area contributed by atoms with Crippen molar-refractivity contribution in [2.75, 3.05) is 13.7 Å². The van der Waals surface area contributed by atoms with Crippen LogP contribution in [-0.4, -0.2) is 41.7 Å². The van der Waals surface area contributed by atoms with E-state index in [0.717, 1.165) is 43.1 Å². The molecular formula is C20H27NO4. The molecule has 5 heteroatoms. The standard InChI is InChI=1S/C20H27NO4/c1-4-11-21(16-7-5-6-8-17(16)22)20(23)19-13(2)15-10-9-14(24-3)12-18(15)25-19/h9-10,12,16-17,22H,4-8,11H2,1-3H3/t16-,17-/m1/s1. The number of amides is 1. The number of aryl methyl sites for hydroxylation is 1. The number of aliphatic hydroxyl groups excluding tert-OH is 1. The van der Waals surface area contributed by atoms with Gasteiger partial charge in [-0.05, 0) is 38.3 Å². The molecule has 3 rings (SSSR count). The molecule has 25 heavy (non-hydrogen) atoms. The molecule has 1 N–H and O–H groups in total. The minimum Gasteiger partial charge on any atom is -0.497 e. The largest absolute Gasteiger partial charge is 0.497 e. The van der Waals surface area contributed by atoms with Gasteiger partial charge in [-0.1, -0.05) is 19.8 Å². The molecular weight excluding hydrogens is 318 g/mol. The van der Waals surface area contributed by atoms with E-state index in [1.807, 2.05) is 30.9 Å². The molecule has 0 unspecified atom stereocenters. The predicted molar refractivity (Wildman–Crippen MR) is 97.1 cm³/mol. The summed E-state index contributed by atoms with van der Waals surface area (Å²) in [5.41, 5.74) is 1.50. The van der Waals surface area contributed by atoms with Crippen LogP contribution in [0, 0.1) is 6.92 Å². The van der Waals surface area contributed by atoms with E-state index in [4.69, 9.17) is 9.15 Å². The normalized spacial score (nSPS) is 20.6. The Hall–Kier alpha value is -2.01. The second-order valence-corrected chi connectivity index (χ2v) is 6.84. The summed E-state index contributed by atoms with van der Waals surface area (Å²) in [6.45, 7) is 4.58. The first-order valence-corrected chi connectivity index (χ1v) is 9.13. The van der Waals surface area contributed by atoms with Crippen LogP contribution in [0.25, 0.3) is 11.0 Å². The molecule has 1 amide bonds. The van der Waals surface area contributed by atoms with Crippen molar-refractivity contribution in [1.29, 1.82) is 0 Å². The number of nitrogens with zero attached hydrogens (tertiary/aromatic N) is 1. The fourth-order valence-electron chi connectivity index (χ4n) is 3.78. The van der Waals surface area contributed by atoms with Crippen LogP contribution in [0.4, 0.5) is 0 Å². The Balaban J connectivity index is 1.96. The Morgan fingerprint density at radius 3 is 2.80 bits per heavy atom. The fourth-order valence-corrected chi connectivity index (χ4v) is 3.78. The first-order chi connectivity index (χ1) is 12.1. The SMILES string of the molecule is CCCN(C(=O)c1oc2cc(OC)ccc2c1C)[C@@H]1CCCC[C@H]1O. The molecule has 1 saturated carbocycles. The molecule has 0 saturated heterocycles. The molecule has 0 radical (unpaired) electrons. The summed E-state index contributed by atoms with van der Waals surface area (Å²) in [6.07, 6.45) is 4.08. The topological polar surface area (TPSA) is 62.9 Å². The van der Waals surface area contributed by atoms with Gasteiger partial charge >= 0.3 is 0 Å². The monoisotopic (exact) mass is 345 g/mol. The maximum atomic E-state index is 13.2. The molecule has 2 aromatic rings. The summed E-state index contributed by atoms with van der Waals surface area (Å²) in [4.78, 5) is 15.0. The Labute approximate surface area is 148 Å². The second-order valence-electron chi connectivity index (χ2n) is 6.84. The summed E-state index contributed by atoms with van der Waals surface area (Å²) in [5, 5.41) is 11.3. The Morgan fingerprint density at radius 2 is 2.12 bits per heavy atom. The molecule has 136 valence electrons. The smallest absolute Gasteiger partial charge is 0.290 e. The first-order valence-electron chi connectivity index (χ1n) is 9.13. The van der Waals surface area contributed by atoms with Gasteiger partial charge in [-0.3, -0.25) is 4.79 Å². The molecule has 2 atom stereocenters. The average molecular weight is 345 g/mol. The zero-order valence-corrected chi connectivity index (χ0v) is 15.2. The van der Waals surface area contributed by atoms with Crippen LogP contribution in [0.2, 0.25) is 0 Å². The van der Waals surface area contributed by atoms with Gasteiger partial charge in [-0.25, -0.2) is 0 Å². The van der Waals surface area contributed by atoms with E-state index in [0.29, 0.717) is 23.6 Å². The van der Waals surface area contributed by atoms with Crippen molar-refractivity contribution in [2.45, 2.75) is 58.1 Å². The highest BCUT2D eigenvalue weighted by atomic mass is 16.5. The minimum atomic E-state index is -0.450. The maximum Gasteiger partial charge on any atom is 0.290 e.